The van der Waals surface area contributed by atoms with E-state index in [0.717, 1.165) is 54.7 Å². The Morgan fingerprint density at radius 1 is 1.10 bits per heavy atom. The summed E-state index contributed by atoms with van der Waals surface area (Å²) in [6.07, 6.45) is 8.93. The maximum atomic E-state index is 5.81. The fourth-order valence-corrected chi connectivity index (χ4v) is 4.09. The van der Waals surface area contributed by atoms with E-state index >= 15 is 0 Å². The van der Waals surface area contributed by atoms with E-state index in [0.29, 0.717) is 5.92 Å². The van der Waals surface area contributed by atoms with Gasteiger partial charge < -0.3 is 19.7 Å². The Bertz CT molecular complexity index is 838. The van der Waals surface area contributed by atoms with Crippen LogP contribution in [0.1, 0.15) is 30.4 Å². The van der Waals surface area contributed by atoms with E-state index in [1.54, 1.807) is 14.2 Å². The van der Waals surface area contributed by atoms with Crippen molar-refractivity contribution in [2.45, 2.75) is 32.2 Å². The van der Waals surface area contributed by atoms with Gasteiger partial charge in [-0.3, -0.25) is 0 Å². The zero-order valence-corrected chi connectivity index (χ0v) is 18.8. The summed E-state index contributed by atoms with van der Waals surface area (Å²) in [5.41, 5.74) is 2.39. The molecule has 30 heavy (non-hydrogen) atoms. The molecule has 1 N–H and O–H groups in total. The van der Waals surface area contributed by atoms with Crippen molar-refractivity contribution in [1.82, 2.24) is 10.2 Å². The molecule has 0 saturated heterocycles. The molecule has 4 nitrogen and oxygen atoms in total. The molecule has 0 fully saturated rings. The number of ether oxygens (including phenoxy) is 2. The summed E-state index contributed by atoms with van der Waals surface area (Å²) >= 11 is 5.81. The zero-order valence-electron chi connectivity index (χ0n) is 18.0. The summed E-state index contributed by atoms with van der Waals surface area (Å²) in [5, 5.41) is 4.29. The van der Waals surface area contributed by atoms with Crippen LogP contribution in [0.2, 0.25) is 0 Å². The predicted molar refractivity (Wildman–Crippen MR) is 127 cm³/mol. The van der Waals surface area contributed by atoms with Crippen LogP contribution < -0.4 is 14.8 Å². The first-order chi connectivity index (χ1) is 14.7. The van der Waals surface area contributed by atoms with Gasteiger partial charge in [0.25, 0.3) is 0 Å². The van der Waals surface area contributed by atoms with Gasteiger partial charge >= 0.3 is 0 Å². The van der Waals surface area contributed by atoms with Crippen LogP contribution in [0.25, 0.3) is 0 Å². The van der Waals surface area contributed by atoms with Crippen molar-refractivity contribution in [1.29, 1.82) is 0 Å². The first-order valence-electron chi connectivity index (χ1n) is 10.6. The number of hydrogen-bond acceptors (Lipinski definition) is 3. The molecule has 0 spiro atoms. The lowest BCUT2D eigenvalue weighted by molar-refractivity contribution is 0.312. The Morgan fingerprint density at radius 3 is 2.63 bits per heavy atom. The van der Waals surface area contributed by atoms with Crippen molar-refractivity contribution >= 4 is 17.3 Å². The summed E-state index contributed by atoms with van der Waals surface area (Å²) in [5.74, 6) is 2.36. The zero-order chi connectivity index (χ0) is 21.2. The summed E-state index contributed by atoms with van der Waals surface area (Å²) in [7, 11) is 3.38. The average molecular weight is 425 g/mol. The van der Waals surface area contributed by atoms with Crippen molar-refractivity contribution in [3.63, 3.8) is 0 Å². The number of nitrogens with one attached hydrogen (secondary N) is 1. The highest BCUT2D eigenvalue weighted by atomic mass is 32.1. The monoisotopic (exact) mass is 424 g/mol. The molecular formula is C25H32N2O2S. The Labute approximate surface area is 185 Å². The molecule has 0 aromatic heterocycles. The van der Waals surface area contributed by atoms with Gasteiger partial charge in [-0.1, -0.05) is 42.5 Å². The number of hydrogen-bond donors (Lipinski definition) is 1. The molecule has 0 amide bonds. The summed E-state index contributed by atoms with van der Waals surface area (Å²) in [4.78, 5) is 2.32. The molecule has 2 aromatic rings. The SMILES string of the molecule is COc1ccc(OC)c(CCNC(=S)N(Cc2ccccc2)CC2CC=CCC2)c1. The van der Waals surface area contributed by atoms with Crippen LogP contribution in [0, 0.1) is 5.92 Å². The molecule has 1 aliphatic carbocycles. The molecule has 5 heteroatoms. The predicted octanol–water partition coefficient (Wildman–Crippen LogP) is 4.98. The first kappa shape index (κ1) is 22.2. The molecule has 1 aliphatic rings. The van der Waals surface area contributed by atoms with Crippen LogP contribution in [0.4, 0.5) is 0 Å². The van der Waals surface area contributed by atoms with Crippen LogP contribution in [-0.4, -0.2) is 37.3 Å². The van der Waals surface area contributed by atoms with Gasteiger partial charge in [0.15, 0.2) is 5.11 Å². The molecule has 0 aliphatic heterocycles. The molecule has 0 bridgehead atoms. The minimum Gasteiger partial charge on any atom is -0.497 e. The first-order valence-corrected chi connectivity index (χ1v) is 11.0. The summed E-state index contributed by atoms with van der Waals surface area (Å²) in [6, 6.07) is 16.4. The highest BCUT2D eigenvalue weighted by Gasteiger charge is 2.18. The molecule has 0 heterocycles. The van der Waals surface area contributed by atoms with Gasteiger partial charge in [-0.15, -0.1) is 0 Å². The maximum Gasteiger partial charge on any atom is 0.169 e. The third kappa shape index (κ3) is 6.49. The third-order valence-corrected chi connectivity index (χ3v) is 5.92. The minimum absolute atomic E-state index is 0.650. The Balaban J connectivity index is 1.61. The van der Waals surface area contributed by atoms with Gasteiger partial charge in [0.1, 0.15) is 11.5 Å². The van der Waals surface area contributed by atoms with Gasteiger partial charge in [0, 0.05) is 19.6 Å². The second-order valence-electron chi connectivity index (χ2n) is 7.68. The van der Waals surface area contributed by atoms with Gasteiger partial charge in [0.05, 0.1) is 14.2 Å². The van der Waals surface area contributed by atoms with E-state index < -0.39 is 0 Å². The van der Waals surface area contributed by atoms with Crippen LogP contribution in [-0.2, 0) is 13.0 Å². The summed E-state index contributed by atoms with van der Waals surface area (Å²) < 4.78 is 10.9. The van der Waals surface area contributed by atoms with Crippen molar-refractivity contribution in [2.24, 2.45) is 5.92 Å². The fourth-order valence-electron chi connectivity index (χ4n) is 3.85. The molecular weight excluding hydrogens is 392 g/mol. The molecule has 1 unspecified atom stereocenters. The van der Waals surface area contributed by atoms with Crippen LogP contribution in [0.15, 0.2) is 60.7 Å². The lowest BCUT2D eigenvalue weighted by Crippen LogP contribution is -2.42. The van der Waals surface area contributed by atoms with E-state index in [1.807, 2.05) is 18.2 Å². The number of allylic oxidation sites excluding steroid dienone is 2. The Hall–Kier alpha value is -2.53. The second kappa shape index (κ2) is 11.6. The lowest BCUT2D eigenvalue weighted by Gasteiger charge is -2.31. The topological polar surface area (TPSA) is 33.7 Å². The van der Waals surface area contributed by atoms with Crippen molar-refractivity contribution in [3.05, 3.63) is 71.8 Å². The number of methoxy groups -OCH3 is 2. The van der Waals surface area contributed by atoms with Gasteiger partial charge in [-0.25, -0.2) is 0 Å². The van der Waals surface area contributed by atoms with Gasteiger partial charge in [0.2, 0.25) is 0 Å². The molecule has 160 valence electrons. The van der Waals surface area contributed by atoms with Crippen LogP contribution in [0.5, 0.6) is 11.5 Å². The normalized spacial score (nSPS) is 15.5. The highest BCUT2D eigenvalue weighted by Crippen LogP contribution is 2.24. The molecule has 1 atom stereocenters. The van der Waals surface area contributed by atoms with Crippen LogP contribution >= 0.6 is 12.2 Å². The van der Waals surface area contributed by atoms with E-state index in [2.05, 4.69) is 52.7 Å². The van der Waals surface area contributed by atoms with Gasteiger partial charge in [-0.2, -0.15) is 0 Å². The Morgan fingerprint density at radius 2 is 1.93 bits per heavy atom. The number of thiocarbonyl (C=S) groups is 1. The van der Waals surface area contributed by atoms with Crippen molar-refractivity contribution in [3.8, 4) is 11.5 Å². The molecule has 0 saturated carbocycles. The molecule has 3 rings (SSSR count). The average Bonchev–Trinajstić information content (AvgIpc) is 2.80. The van der Waals surface area contributed by atoms with E-state index in [-0.39, 0.29) is 0 Å². The smallest absolute Gasteiger partial charge is 0.169 e. The van der Waals surface area contributed by atoms with E-state index in [1.165, 1.54) is 18.4 Å². The summed E-state index contributed by atoms with van der Waals surface area (Å²) in [6.45, 7) is 2.56. The maximum absolute atomic E-state index is 5.81. The second-order valence-corrected chi connectivity index (χ2v) is 8.06. The quantitative estimate of drug-likeness (QED) is 0.454. The molecule has 2 aromatic carbocycles. The lowest BCUT2D eigenvalue weighted by atomic mass is 9.94. The van der Waals surface area contributed by atoms with Crippen molar-refractivity contribution in [2.75, 3.05) is 27.3 Å². The number of rotatable bonds is 9. The van der Waals surface area contributed by atoms with Crippen molar-refractivity contribution < 1.29 is 9.47 Å². The number of benzene rings is 2. The third-order valence-electron chi connectivity index (χ3n) is 5.52. The number of nitrogens with zero attached hydrogens (tertiary/aromatic N) is 1. The fraction of sp³-hybridized carbons (Fsp3) is 0.400. The van der Waals surface area contributed by atoms with E-state index in [4.69, 9.17) is 21.7 Å². The molecule has 0 radical (unpaired) electrons. The van der Waals surface area contributed by atoms with Gasteiger partial charge in [-0.05, 0) is 73.1 Å². The Kier molecular flexibility index (Phi) is 8.57. The largest absolute Gasteiger partial charge is 0.497 e. The minimum atomic E-state index is 0.650. The standard InChI is InChI=1S/C25H32N2O2S/c1-28-23-13-14-24(29-2)22(17-23)15-16-26-25(30)27(18-20-9-5-3-6-10-20)19-21-11-7-4-8-12-21/h3-7,9-10,13-14,17,21H,8,11-12,15-16,18-19H2,1-2H3,(H,26,30). The highest BCUT2D eigenvalue weighted by molar-refractivity contribution is 7.80. The van der Waals surface area contributed by atoms with Crippen LogP contribution in [0.3, 0.4) is 0 Å². The van der Waals surface area contributed by atoms with E-state index in [9.17, 15) is 0 Å².